The van der Waals surface area contributed by atoms with Crippen LogP contribution in [0.3, 0.4) is 0 Å². The molecule has 0 saturated heterocycles. The highest BCUT2D eigenvalue weighted by molar-refractivity contribution is 7.08. The number of anilines is 1. The van der Waals surface area contributed by atoms with Crippen LogP contribution >= 0.6 is 11.5 Å². The summed E-state index contributed by atoms with van der Waals surface area (Å²) in [5.74, 6) is -0.815. The Morgan fingerprint density at radius 1 is 1.52 bits per heavy atom. The third-order valence-electron chi connectivity index (χ3n) is 2.69. The zero-order valence-electron chi connectivity index (χ0n) is 11.1. The summed E-state index contributed by atoms with van der Waals surface area (Å²) in [7, 11) is 0. The molecule has 9 heteroatoms. The number of nitrogens with zero attached hydrogens (tertiary/aromatic N) is 3. The molecule has 0 bridgehead atoms. The molecule has 0 fully saturated rings. The minimum Gasteiger partial charge on any atom is -0.506 e. The summed E-state index contributed by atoms with van der Waals surface area (Å²) in [5.41, 5.74) is 0.444. The number of phenolic OH excluding ortho intramolecular Hbond substituents is 1. The molecule has 0 atom stereocenters. The summed E-state index contributed by atoms with van der Waals surface area (Å²) >= 11 is 0.968. The Hall–Kier alpha value is -2.55. The van der Waals surface area contributed by atoms with Crippen molar-refractivity contribution in [1.29, 1.82) is 0 Å². The van der Waals surface area contributed by atoms with Crippen molar-refractivity contribution in [3.8, 4) is 5.75 Å². The van der Waals surface area contributed by atoms with Crippen molar-refractivity contribution in [2.24, 2.45) is 0 Å². The van der Waals surface area contributed by atoms with Crippen molar-refractivity contribution < 1.29 is 14.8 Å². The molecule has 0 aliphatic rings. The lowest BCUT2D eigenvalue weighted by Crippen LogP contribution is -2.12. The van der Waals surface area contributed by atoms with Crippen LogP contribution in [-0.2, 0) is 6.42 Å². The number of amides is 1. The van der Waals surface area contributed by atoms with Gasteiger partial charge in [-0.05, 0) is 24.0 Å². The van der Waals surface area contributed by atoms with Crippen molar-refractivity contribution >= 4 is 28.8 Å². The summed E-state index contributed by atoms with van der Waals surface area (Å²) in [6, 6.07) is 3.46. The molecule has 1 aromatic heterocycles. The number of benzene rings is 1. The van der Waals surface area contributed by atoms with Gasteiger partial charge in [-0.2, -0.15) is 0 Å². The van der Waals surface area contributed by atoms with Crippen LogP contribution in [-0.4, -0.2) is 25.5 Å². The van der Waals surface area contributed by atoms with E-state index in [4.69, 9.17) is 0 Å². The zero-order valence-corrected chi connectivity index (χ0v) is 11.9. The van der Waals surface area contributed by atoms with Gasteiger partial charge in [0, 0.05) is 6.07 Å². The molecule has 0 unspecified atom stereocenters. The van der Waals surface area contributed by atoms with E-state index in [2.05, 4.69) is 14.9 Å². The molecule has 0 spiro atoms. The normalized spacial score (nSPS) is 10.3. The first-order valence-electron chi connectivity index (χ1n) is 6.13. The molecule has 21 heavy (non-hydrogen) atoms. The predicted octanol–water partition coefficient (Wildman–Crippen LogP) is 2.36. The number of hydrogen-bond donors (Lipinski definition) is 2. The maximum absolute atomic E-state index is 12.1. The first kappa shape index (κ1) is 14.9. The summed E-state index contributed by atoms with van der Waals surface area (Å²) in [6.45, 7) is 1.96. The maximum Gasteiger partial charge on any atom is 0.273 e. The molecule has 1 heterocycles. The van der Waals surface area contributed by atoms with E-state index >= 15 is 0 Å². The molecule has 1 amide bonds. The second-order valence-electron chi connectivity index (χ2n) is 4.21. The Bertz CT molecular complexity index is 686. The Labute approximate surface area is 123 Å². The second kappa shape index (κ2) is 6.27. The number of nitro groups is 1. The van der Waals surface area contributed by atoms with E-state index in [1.54, 1.807) is 0 Å². The highest BCUT2D eigenvalue weighted by Gasteiger charge is 2.18. The van der Waals surface area contributed by atoms with E-state index in [1.807, 2.05) is 6.92 Å². The van der Waals surface area contributed by atoms with E-state index in [1.165, 1.54) is 12.1 Å². The first-order valence-corrected chi connectivity index (χ1v) is 6.90. The van der Waals surface area contributed by atoms with Gasteiger partial charge in [-0.3, -0.25) is 14.9 Å². The molecule has 8 nitrogen and oxygen atoms in total. The Kier molecular flexibility index (Phi) is 4.43. The van der Waals surface area contributed by atoms with Gasteiger partial charge in [-0.15, -0.1) is 5.10 Å². The smallest absolute Gasteiger partial charge is 0.273 e. The average Bonchev–Trinajstić information content (AvgIpc) is 2.89. The Morgan fingerprint density at radius 3 is 2.90 bits per heavy atom. The van der Waals surface area contributed by atoms with Crippen molar-refractivity contribution in [2.75, 3.05) is 5.32 Å². The number of hydrogen-bond acceptors (Lipinski definition) is 7. The minimum absolute atomic E-state index is 0.0986. The lowest BCUT2D eigenvalue weighted by molar-refractivity contribution is -0.384. The molecule has 0 saturated carbocycles. The first-order chi connectivity index (χ1) is 10.0. The van der Waals surface area contributed by atoms with Gasteiger partial charge in [0.05, 0.1) is 22.4 Å². The van der Waals surface area contributed by atoms with Crippen molar-refractivity contribution in [1.82, 2.24) is 9.59 Å². The van der Waals surface area contributed by atoms with E-state index in [-0.39, 0.29) is 17.1 Å². The van der Waals surface area contributed by atoms with Crippen molar-refractivity contribution in [2.45, 2.75) is 19.8 Å². The highest BCUT2D eigenvalue weighted by Crippen LogP contribution is 2.28. The summed E-state index contributed by atoms with van der Waals surface area (Å²) < 4.78 is 3.74. The number of phenols is 1. The van der Waals surface area contributed by atoms with Crippen molar-refractivity contribution in [3.05, 3.63) is 38.9 Å². The highest BCUT2D eigenvalue weighted by atomic mass is 32.1. The molecular formula is C12H12N4O4S. The SMILES string of the molecule is CCCc1nnsc1C(=O)Nc1ccc([N+](=O)[O-])cc1O. The van der Waals surface area contributed by atoms with Crippen LogP contribution in [0.4, 0.5) is 11.4 Å². The molecule has 1 aromatic carbocycles. The van der Waals surface area contributed by atoms with E-state index < -0.39 is 10.8 Å². The van der Waals surface area contributed by atoms with E-state index in [0.29, 0.717) is 17.0 Å². The van der Waals surface area contributed by atoms with E-state index in [9.17, 15) is 20.0 Å². The third kappa shape index (κ3) is 3.31. The van der Waals surface area contributed by atoms with Gasteiger partial charge in [-0.25, -0.2) is 0 Å². The number of aromatic hydroxyl groups is 1. The number of carbonyl (C=O) groups excluding carboxylic acids is 1. The van der Waals surface area contributed by atoms with Crippen LogP contribution in [0.1, 0.15) is 28.7 Å². The zero-order chi connectivity index (χ0) is 15.4. The van der Waals surface area contributed by atoms with Gasteiger partial charge in [0.2, 0.25) is 0 Å². The minimum atomic E-state index is -0.627. The number of aryl methyl sites for hydroxylation is 1. The standard InChI is InChI=1S/C12H12N4O4S/c1-2-3-9-11(21-15-14-9)12(18)13-8-5-4-7(16(19)20)6-10(8)17/h4-6,17H,2-3H2,1H3,(H,13,18). The topological polar surface area (TPSA) is 118 Å². The number of nitro benzene ring substituents is 1. The number of aromatic nitrogens is 2. The lowest BCUT2D eigenvalue weighted by Gasteiger charge is -2.06. The monoisotopic (exact) mass is 308 g/mol. The van der Waals surface area contributed by atoms with Crippen LogP contribution in [0.2, 0.25) is 0 Å². The summed E-state index contributed by atoms with van der Waals surface area (Å²) in [5, 5.41) is 26.7. The van der Waals surface area contributed by atoms with Crippen LogP contribution in [0.5, 0.6) is 5.75 Å². The molecule has 0 aliphatic carbocycles. The molecule has 110 valence electrons. The van der Waals surface area contributed by atoms with Crippen LogP contribution in [0.15, 0.2) is 18.2 Å². The maximum atomic E-state index is 12.1. The summed E-state index contributed by atoms with van der Waals surface area (Å²) in [6.07, 6.45) is 1.46. The molecule has 2 rings (SSSR count). The fourth-order valence-corrected chi connectivity index (χ4v) is 2.30. The third-order valence-corrected chi connectivity index (χ3v) is 3.46. The second-order valence-corrected chi connectivity index (χ2v) is 4.97. The lowest BCUT2D eigenvalue weighted by atomic mass is 10.2. The molecule has 0 radical (unpaired) electrons. The number of rotatable bonds is 5. The van der Waals surface area contributed by atoms with Gasteiger partial charge in [0.15, 0.2) is 0 Å². The number of non-ortho nitro benzene ring substituents is 1. The molecule has 0 aliphatic heterocycles. The molecular weight excluding hydrogens is 296 g/mol. The fraction of sp³-hybridized carbons (Fsp3) is 0.250. The Morgan fingerprint density at radius 2 is 2.29 bits per heavy atom. The largest absolute Gasteiger partial charge is 0.506 e. The van der Waals surface area contributed by atoms with E-state index in [0.717, 1.165) is 24.0 Å². The fourth-order valence-electron chi connectivity index (χ4n) is 1.70. The number of nitrogens with one attached hydrogen (secondary N) is 1. The van der Waals surface area contributed by atoms with Gasteiger partial charge in [-0.1, -0.05) is 17.8 Å². The Balaban J connectivity index is 2.19. The summed E-state index contributed by atoms with van der Waals surface area (Å²) in [4.78, 5) is 22.4. The van der Waals surface area contributed by atoms with Gasteiger partial charge in [0.25, 0.3) is 11.6 Å². The number of carbonyl (C=O) groups is 1. The van der Waals surface area contributed by atoms with Gasteiger partial charge in [0.1, 0.15) is 10.6 Å². The van der Waals surface area contributed by atoms with Crippen LogP contribution in [0, 0.1) is 10.1 Å². The van der Waals surface area contributed by atoms with Crippen LogP contribution < -0.4 is 5.32 Å². The molecule has 2 N–H and O–H groups in total. The average molecular weight is 308 g/mol. The van der Waals surface area contributed by atoms with Crippen LogP contribution in [0.25, 0.3) is 0 Å². The van der Waals surface area contributed by atoms with Crippen molar-refractivity contribution in [3.63, 3.8) is 0 Å². The predicted molar refractivity (Wildman–Crippen MR) is 76.6 cm³/mol. The molecule has 2 aromatic rings. The quantitative estimate of drug-likeness (QED) is 0.497. The van der Waals surface area contributed by atoms with Gasteiger partial charge < -0.3 is 10.4 Å². The van der Waals surface area contributed by atoms with Gasteiger partial charge >= 0.3 is 0 Å².